The minimum Gasteiger partial charge on any atom is -0.444 e. The molecule has 2 aromatic rings. The SMILES string of the molecule is CC(C)(C)OC(=O)N(CCC1(c2cccc(C(N)=O)c2)CC2CCC(C1)N2)Cc1c(F)cccc1F. The van der Waals surface area contributed by atoms with E-state index in [2.05, 4.69) is 5.32 Å². The molecule has 36 heavy (non-hydrogen) atoms. The summed E-state index contributed by atoms with van der Waals surface area (Å²) in [6, 6.07) is 11.7. The molecule has 2 amide bonds. The molecule has 2 fully saturated rings. The maximum Gasteiger partial charge on any atom is 0.410 e. The van der Waals surface area contributed by atoms with Crippen molar-refractivity contribution in [1.82, 2.24) is 10.2 Å². The number of nitrogens with one attached hydrogen (secondary N) is 1. The summed E-state index contributed by atoms with van der Waals surface area (Å²) in [5.41, 5.74) is 5.75. The van der Waals surface area contributed by atoms with Gasteiger partial charge in [0.1, 0.15) is 17.2 Å². The monoisotopic (exact) mass is 499 g/mol. The summed E-state index contributed by atoms with van der Waals surface area (Å²) in [6.45, 7) is 5.27. The maximum absolute atomic E-state index is 14.5. The average molecular weight is 500 g/mol. The van der Waals surface area contributed by atoms with Crippen LogP contribution in [-0.2, 0) is 16.7 Å². The van der Waals surface area contributed by atoms with Crippen LogP contribution in [0.25, 0.3) is 0 Å². The molecule has 2 heterocycles. The van der Waals surface area contributed by atoms with Gasteiger partial charge < -0.3 is 20.7 Å². The number of hydrogen-bond donors (Lipinski definition) is 2. The molecular formula is C28H35F2N3O3. The van der Waals surface area contributed by atoms with Gasteiger partial charge in [-0.1, -0.05) is 18.2 Å². The average Bonchev–Trinajstić information content (AvgIpc) is 3.15. The van der Waals surface area contributed by atoms with Crippen molar-refractivity contribution in [3.63, 3.8) is 0 Å². The highest BCUT2D eigenvalue weighted by atomic mass is 19.1. The molecule has 2 atom stereocenters. The molecule has 2 bridgehead atoms. The highest BCUT2D eigenvalue weighted by molar-refractivity contribution is 5.93. The molecule has 0 aliphatic carbocycles. The van der Waals surface area contributed by atoms with Crippen molar-refractivity contribution in [2.75, 3.05) is 6.54 Å². The molecule has 6 nitrogen and oxygen atoms in total. The smallest absolute Gasteiger partial charge is 0.410 e. The zero-order valence-electron chi connectivity index (χ0n) is 21.2. The first-order valence-electron chi connectivity index (χ1n) is 12.5. The molecule has 0 radical (unpaired) electrons. The first-order chi connectivity index (χ1) is 17.0. The predicted octanol–water partition coefficient (Wildman–Crippen LogP) is 5.04. The van der Waals surface area contributed by atoms with E-state index in [0.29, 0.717) is 24.1 Å². The van der Waals surface area contributed by atoms with E-state index in [4.69, 9.17) is 10.5 Å². The number of halogens is 2. The molecule has 0 saturated carbocycles. The van der Waals surface area contributed by atoms with Crippen LogP contribution in [0.4, 0.5) is 13.6 Å². The Balaban J connectivity index is 1.65. The normalized spacial score (nSPS) is 23.4. The third-order valence-electron chi connectivity index (χ3n) is 7.29. The van der Waals surface area contributed by atoms with Gasteiger partial charge in [0.2, 0.25) is 5.91 Å². The van der Waals surface area contributed by atoms with Crippen molar-refractivity contribution in [1.29, 1.82) is 0 Å². The first-order valence-corrected chi connectivity index (χ1v) is 12.5. The lowest BCUT2D eigenvalue weighted by atomic mass is 9.68. The standard InChI is InChI=1S/C28H35F2N3O3/c1-27(2,3)36-26(35)33(17-22-23(29)8-5-9-24(22)30)13-12-28(15-20-10-11-21(16-28)32-20)19-7-4-6-18(14-19)25(31)34/h4-9,14,20-21,32H,10-13,15-17H2,1-3H3,(H2,31,34). The molecular weight excluding hydrogens is 464 g/mol. The largest absolute Gasteiger partial charge is 0.444 e. The fourth-order valence-electron chi connectivity index (χ4n) is 5.62. The number of nitrogens with two attached hydrogens (primary N) is 1. The molecule has 0 aromatic heterocycles. The van der Waals surface area contributed by atoms with Crippen molar-refractivity contribution < 1.29 is 23.1 Å². The van der Waals surface area contributed by atoms with Crippen LogP contribution in [0.5, 0.6) is 0 Å². The minimum atomic E-state index is -0.759. The van der Waals surface area contributed by atoms with Gasteiger partial charge in [-0.15, -0.1) is 0 Å². The Morgan fingerprint density at radius 1 is 1.08 bits per heavy atom. The van der Waals surface area contributed by atoms with Crippen LogP contribution in [0.2, 0.25) is 0 Å². The second-order valence-electron chi connectivity index (χ2n) is 11.1. The van der Waals surface area contributed by atoms with Crippen LogP contribution in [0, 0.1) is 11.6 Å². The predicted molar refractivity (Wildman–Crippen MR) is 133 cm³/mol. The van der Waals surface area contributed by atoms with Gasteiger partial charge in [0, 0.05) is 29.8 Å². The number of nitrogens with zero attached hydrogens (tertiary/aromatic N) is 1. The van der Waals surface area contributed by atoms with Crippen LogP contribution >= 0.6 is 0 Å². The van der Waals surface area contributed by atoms with Crippen LogP contribution in [0.3, 0.4) is 0 Å². The van der Waals surface area contributed by atoms with Gasteiger partial charge in [0.15, 0.2) is 0 Å². The van der Waals surface area contributed by atoms with Gasteiger partial charge >= 0.3 is 6.09 Å². The summed E-state index contributed by atoms with van der Waals surface area (Å²) in [4.78, 5) is 26.5. The van der Waals surface area contributed by atoms with Crippen molar-refractivity contribution in [2.45, 2.75) is 82.5 Å². The molecule has 2 saturated heterocycles. The molecule has 194 valence electrons. The number of amides is 2. The van der Waals surface area contributed by atoms with Crippen molar-refractivity contribution in [2.24, 2.45) is 5.73 Å². The van der Waals surface area contributed by atoms with E-state index in [0.717, 1.165) is 31.2 Å². The molecule has 2 aliphatic heterocycles. The van der Waals surface area contributed by atoms with Gasteiger partial charge in [0.05, 0.1) is 6.54 Å². The summed E-state index contributed by atoms with van der Waals surface area (Å²) >= 11 is 0. The zero-order chi connectivity index (χ0) is 26.1. The number of carbonyl (C=O) groups excluding carboxylic acids is 2. The van der Waals surface area contributed by atoms with E-state index >= 15 is 0 Å². The number of carbonyl (C=O) groups is 2. The van der Waals surface area contributed by atoms with Crippen molar-refractivity contribution >= 4 is 12.0 Å². The van der Waals surface area contributed by atoms with E-state index in [1.807, 2.05) is 18.2 Å². The Morgan fingerprint density at radius 2 is 1.69 bits per heavy atom. The van der Waals surface area contributed by atoms with Crippen molar-refractivity contribution in [3.8, 4) is 0 Å². The van der Waals surface area contributed by atoms with Gasteiger partial charge in [-0.25, -0.2) is 13.6 Å². The quantitative estimate of drug-likeness (QED) is 0.559. The fourth-order valence-corrected chi connectivity index (χ4v) is 5.62. The minimum absolute atomic E-state index is 0.168. The second-order valence-corrected chi connectivity index (χ2v) is 11.1. The number of fused-ring (bicyclic) bond motifs is 2. The Kier molecular flexibility index (Phi) is 7.36. The lowest BCUT2D eigenvalue weighted by molar-refractivity contribution is 0.0208. The van der Waals surface area contributed by atoms with Crippen LogP contribution < -0.4 is 11.1 Å². The highest BCUT2D eigenvalue weighted by Crippen LogP contribution is 2.45. The zero-order valence-corrected chi connectivity index (χ0v) is 21.2. The van der Waals surface area contributed by atoms with Gasteiger partial charge in [-0.05, 0) is 88.1 Å². The highest BCUT2D eigenvalue weighted by Gasteiger charge is 2.45. The van der Waals surface area contributed by atoms with E-state index in [-0.39, 0.29) is 24.1 Å². The number of hydrogen-bond acceptors (Lipinski definition) is 4. The number of ether oxygens (including phenoxy) is 1. The van der Waals surface area contributed by atoms with E-state index < -0.39 is 29.2 Å². The first kappa shape index (κ1) is 26.1. The van der Waals surface area contributed by atoms with Crippen molar-refractivity contribution in [3.05, 3.63) is 70.8 Å². The maximum atomic E-state index is 14.5. The molecule has 2 unspecified atom stereocenters. The lowest BCUT2D eigenvalue weighted by Gasteiger charge is -2.43. The molecule has 0 spiro atoms. The third kappa shape index (κ3) is 5.86. The third-order valence-corrected chi connectivity index (χ3v) is 7.29. The number of primary amides is 1. The number of rotatable bonds is 7. The van der Waals surface area contributed by atoms with Crippen LogP contribution in [-0.4, -0.2) is 41.1 Å². The fraction of sp³-hybridized carbons (Fsp3) is 0.500. The molecule has 2 aromatic carbocycles. The Labute approximate surface area is 211 Å². The topological polar surface area (TPSA) is 84.7 Å². The lowest BCUT2D eigenvalue weighted by Crippen LogP contribution is -2.48. The van der Waals surface area contributed by atoms with Gasteiger partial charge in [0.25, 0.3) is 0 Å². The van der Waals surface area contributed by atoms with E-state index in [1.54, 1.807) is 26.8 Å². The van der Waals surface area contributed by atoms with Gasteiger partial charge in [-0.3, -0.25) is 4.79 Å². The summed E-state index contributed by atoms with van der Waals surface area (Å²) in [5, 5.41) is 3.65. The summed E-state index contributed by atoms with van der Waals surface area (Å²) in [6.07, 6.45) is 3.74. The van der Waals surface area contributed by atoms with Gasteiger partial charge in [-0.2, -0.15) is 0 Å². The number of benzene rings is 2. The van der Waals surface area contributed by atoms with Crippen LogP contribution in [0.1, 0.15) is 74.4 Å². The summed E-state index contributed by atoms with van der Waals surface area (Å²) < 4.78 is 34.6. The number of piperidine rings is 1. The van der Waals surface area contributed by atoms with E-state index in [9.17, 15) is 18.4 Å². The molecule has 4 rings (SSSR count). The molecule has 8 heteroatoms. The Hall–Kier alpha value is -3.00. The van der Waals surface area contributed by atoms with Crippen LogP contribution in [0.15, 0.2) is 42.5 Å². The van der Waals surface area contributed by atoms with E-state index in [1.165, 1.54) is 23.1 Å². The Morgan fingerprint density at radius 3 is 2.28 bits per heavy atom. The summed E-state index contributed by atoms with van der Waals surface area (Å²) in [7, 11) is 0. The summed E-state index contributed by atoms with van der Waals surface area (Å²) in [5.74, 6) is -1.89. The molecule has 3 N–H and O–H groups in total. The molecule has 2 aliphatic rings. The Bertz CT molecular complexity index is 1100. The second kappa shape index (κ2) is 10.2.